The first-order chi connectivity index (χ1) is 11.2. The van der Waals surface area contributed by atoms with Crippen LogP contribution in [0.2, 0.25) is 0 Å². The zero-order chi connectivity index (χ0) is 15.8. The highest BCUT2D eigenvalue weighted by Crippen LogP contribution is 2.28. The lowest BCUT2D eigenvalue weighted by molar-refractivity contribution is 0.620. The van der Waals surface area contributed by atoms with Crippen LogP contribution in [0.4, 0.5) is 5.95 Å². The van der Waals surface area contributed by atoms with Crippen molar-refractivity contribution in [2.45, 2.75) is 6.92 Å². The maximum atomic E-state index is 5.82. The van der Waals surface area contributed by atoms with Gasteiger partial charge in [0.25, 0.3) is 0 Å². The highest BCUT2D eigenvalue weighted by atomic mass is 16.3. The first-order valence-corrected chi connectivity index (χ1v) is 7.26. The van der Waals surface area contributed by atoms with Gasteiger partial charge in [0.2, 0.25) is 11.8 Å². The largest absolute Gasteiger partial charge is 0.436 e. The molecule has 5 nitrogen and oxygen atoms in total. The first-order valence-electron chi connectivity index (χ1n) is 7.26. The normalized spacial score (nSPS) is 11.0. The van der Waals surface area contributed by atoms with Gasteiger partial charge in [-0.25, -0.2) is 15.0 Å². The number of oxazole rings is 1. The number of rotatable bonds is 2. The van der Waals surface area contributed by atoms with E-state index in [0.717, 1.165) is 33.6 Å². The second kappa shape index (κ2) is 5.21. The molecule has 0 atom stereocenters. The van der Waals surface area contributed by atoms with Crippen LogP contribution in [-0.2, 0) is 0 Å². The predicted octanol–water partition coefficient (Wildman–Crippen LogP) is 3.84. The zero-order valence-electron chi connectivity index (χ0n) is 12.5. The summed E-state index contributed by atoms with van der Waals surface area (Å²) in [5, 5.41) is 0. The number of hydrogen-bond donors (Lipinski definition) is 1. The van der Waals surface area contributed by atoms with E-state index >= 15 is 0 Å². The van der Waals surface area contributed by atoms with Gasteiger partial charge < -0.3 is 10.2 Å². The van der Waals surface area contributed by atoms with Gasteiger partial charge in [0.05, 0.1) is 5.69 Å². The average molecular weight is 302 g/mol. The number of aromatic nitrogens is 3. The molecule has 2 N–H and O–H groups in total. The molecule has 0 aliphatic heterocycles. The Balaban J connectivity index is 1.82. The average Bonchev–Trinajstić information content (AvgIpc) is 2.98. The summed E-state index contributed by atoms with van der Waals surface area (Å²) in [6, 6.07) is 17.5. The van der Waals surface area contributed by atoms with Crippen molar-refractivity contribution in [3.63, 3.8) is 0 Å². The highest BCUT2D eigenvalue weighted by Gasteiger charge is 2.10. The molecule has 4 rings (SSSR count). The molecule has 0 fully saturated rings. The van der Waals surface area contributed by atoms with Crippen LogP contribution >= 0.6 is 0 Å². The maximum absolute atomic E-state index is 5.82. The lowest BCUT2D eigenvalue weighted by atomic mass is 10.1. The van der Waals surface area contributed by atoms with Crippen LogP contribution in [0.3, 0.4) is 0 Å². The smallest absolute Gasteiger partial charge is 0.227 e. The molecule has 2 heterocycles. The van der Waals surface area contributed by atoms with Gasteiger partial charge in [-0.2, -0.15) is 0 Å². The van der Waals surface area contributed by atoms with Crippen LogP contribution in [0.25, 0.3) is 33.8 Å². The van der Waals surface area contributed by atoms with E-state index in [4.69, 9.17) is 10.2 Å². The van der Waals surface area contributed by atoms with Crippen molar-refractivity contribution >= 4 is 17.0 Å². The summed E-state index contributed by atoms with van der Waals surface area (Å²) in [7, 11) is 0. The molecule has 0 amide bonds. The van der Waals surface area contributed by atoms with E-state index in [1.165, 1.54) is 0 Å². The van der Waals surface area contributed by atoms with Gasteiger partial charge in [0.1, 0.15) is 5.52 Å². The summed E-state index contributed by atoms with van der Waals surface area (Å²) in [5.74, 6) is 0.876. The minimum absolute atomic E-state index is 0.269. The number of fused-ring (bicyclic) bond motifs is 1. The number of nitrogens with zero attached hydrogens (tertiary/aromatic N) is 3. The van der Waals surface area contributed by atoms with E-state index in [2.05, 4.69) is 15.0 Å². The number of benzene rings is 2. The standard InChI is InChI=1S/C18H14N4O/c1-11-9-14(22-18(19)20-11)13-7-8-16-15(10-13)21-17(23-16)12-5-3-2-4-6-12/h2-10H,1H3,(H2,19,20,22). The summed E-state index contributed by atoms with van der Waals surface area (Å²) in [6.45, 7) is 1.89. The fraction of sp³-hybridized carbons (Fsp3) is 0.0556. The summed E-state index contributed by atoms with van der Waals surface area (Å²) in [6.07, 6.45) is 0. The fourth-order valence-corrected chi connectivity index (χ4v) is 2.53. The number of aryl methyl sites for hydroxylation is 1. The summed E-state index contributed by atoms with van der Waals surface area (Å²) < 4.78 is 5.82. The van der Waals surface area contributed by atoms with Crippen LogP contribution < -0.4 is 5.73 Å². The molecule has 4 aromatic rings. The van der Waals surface area contributed by atoms with Crippen molar-refractivity contribution in [3.05, 3.63) is 60.3 Å². The number of hydrogen-bond acceptors (Lipinski definition) is 5. The first kappa shape index (κ1) is 13.5. The van der Waals surface area contributed by atoms with Crippen molar-refractivity contribution in [1.82, 2.24) is 15.0 Å². The molecular weight excluding hydrogens is 288 g/mol. The molecular formula is C18H14N4O. The van der Waals surface area contributed by atoms with Crippen molar-refractivity contribution < 1.29 is 4.42 Å². The molecule has 0 spiro atoms. The Morgan fingerprint density at radius 1 is 0.870 bits per heavy atom. The second-order valence-electron chi connectivity index (χ2n) is 5.32. The Bertz CT molecular complexity index is 972. The van der Waals surface area contributed by atoms with Crippen LogP contribution in [0.5, 0.6) is 0 Å². The minimum atomic E-state index is 0.269. The molecule has 0 aliphatic rings. The van der Waals surface area contributed by atoms with Crippen molar-refractivity contribution in [2.75, 3.05) is 5.73 Å². The molecule has 0 aliphatic carbocycles. The Kier molecular flexibility index (Phi) is 3.05. The molecule has 5 heteroatoms. The van der Waals surface area contributed by atoms with Crippen molar-refractivity contribution in [1.29, 1.82) is 0 Å². The summed E-state index contributed by atoms with van der Waals surface area (Å²) >= 11 is 0. The molecule has 0 saturated carbocycles. The van der Waals surface area contributed by atoms with Crippen LogP contribution in [0.1, 0.15) is 5.69 Å². The molecule has 0 radical (unpaired) electrons. The molecule has 0 saturated heterocycles. The van der Waals surface area contributed by atoms with Crippen molar-refractivity contribution in [2.24, 2.45) is 0 Å². The minimum Gasteiger partial charge on any atom is -0.436 e. The monoisotopic (exact) mass is 302 g/mol. The predicted molar refractivity (Wildman–Crippen MR) is 89.6 cm³/mol. The third-order valence-electron chi connectivity index (χ3n) is 3.58. The Labute approximate surface area is 132 Å². The molecule has 2 aromatic heterocycles. The topological polar surface area (TPSA) is 77.8 Å². The van der Waals surface area contributed by atoms with Crippen LogP contribution in [-0.4, -0.2) is 15.0 Å². The SMILES string of the molecule is Cc1cc(-c2ccc3oc(-c4ccccc4)nc3c2)nc(N)n1. The highest BCUT2D eigenvalue weighted by molar-refractivity contribution is 5.81. The lowest BCUT2D eigenvalue weighted by Crippen LogP contribution is -1.98. The van der Waals surface area contributed by atoms with Crippen molar-refractivity contribution in [3.8, 4) is 22.7 Å². The van der Waals surface area contributed by atoms with Gasteiger partial charge in [0, 0.05) is 16.8 Å². The van der Waals surface area contributed by atoms with Gasteiger partial charge in [-0.05, 0) is 43.3 Å². The molecule has 0 bridgehead atoms. The molecule has 112 valence electrons. The van der Waals surface area contributed by atoms with Gasteiger partial charge in [-0.15, -0.1) is 0 Å². The van der Waals surface area contributed by atoms with E-state index < -0.39 is 0 Å². The molecule has 2 aromatic carbocycles. The lowest BCUT2D eigenvalue weighted by Gasteiger charge is -2.02. The Morgan fingerprint density at radius 2 is 1.70 bits per heavy atom. The molecule has 0 unspecified atom stereocenters. The van der Waals surface area contributed by atoms with E-state index in [1.807, 2.05) is 61.5 Å². The summed E-state index contributed by atoms with van der Waals surface area (Å²) in [4.78, 5) is 13.0. The number of nitrogen functional groups attached to an aromatic ring is 1. The summed E-state index contributed by atoms with van der Waals surface area (Å²) in [5.41, 5.74) is 10.8. The Hall–Kier alpha value is -3.21. The van der Waals surface area contributed by atoms with E-state index in [-0.39, 0.29) is 5.95 Å². The van der Waals surface area contributed by atoms with Gasteiger partial charge >= 0.3 is 0 Å². The van der Waals surface area contributed by atoms with Crippen LogP contribution in [0.15, 0.2) is 59.0 Å². The van der Waals surface area contributed by atoms with Crippen LogP contribution in [0, 0.1) is 6.92 Å². The van der Waals surface area contributed by atoms with Gasteiger partial charge in [-0.3, -0.25) is 0 Å². The maximum Gasteiger partial charge on any atom is 0.227 e. The Morgan fingerprint density at radius 3 is 2.48 bits per heavy atom. The van der Waals surface area contributed by atoms with E-state index in [9.17, 15) is 0 Å². The van der Waals surface area contributed by atoms with Gasteiger partial charge in [-0.1, -0.05) is 18.2 Å². The number of anilines is 1. The third-order valence-corrected chi connectivity index (χ3v) is 3.58. The quantitative estimate of drug-likeness (QED) is 0.608. The zero-order valence-corrected chi connectivity index (χ0v) is 12.5. The number of nitrogens with two attached hydrogens (primary N) is 1. The second-order valence-corrected chi connectivity index (χ2v) is 5.32. The van der Waals surface area contributed by atoms with Gasteiger partial charge in [0.15, 0.2) is 5.58 Å². The molecule has 23 heavy (non-hydrogen) atoms. The van der Waals surface area contributed by atoms with E-state index in [1.54, 1.807) is 0 Å². The third kappa shape index (κ3) is 2.53. The van der Waals surface area contributed by atoms with E-state index in [0.29, 0.717) is 5.89 Å². The fourth-order valence-electron chi connectivity index (χ4n) is 2.53.